The molecule has 0 aliphatic carbocycles. The molecule has 0 spiro atoms. The quantitative estimate of drug-likeness (QED) is 0.707. The Bertz CT molecular complexity index is 235. The van der Waals surface area contributed by atoms with E-state index in [9.17, 15) is 8.42 Å². The first-order valence-electron chi connectivity index (χ1n) is 5.32. The molecule has 1 N–H and O–H groups in total. The van der Waals surface area contributed by atoms with Crippen molar-refractivity contribution in [3.63, 3.8) is 0 Å². The molecule has 1 atom stereocenters. The minimum atomic E-state index is -2.85. The van der Waals surface area contributed by atoms with E-state index in [0.29, 0.717) is 11.7 Å². The Hall–Kier alpha value is -0.0900. The highest BCUT2D eigenvalue weighted by Gasteiger charge is 2.16. The van der Waals surface area contributed by atoms with Crippen LogP contribution in [0.2, 0.25) is 0 Å². The van der Waals surface area contributed by atoms with E-state index in [1.807, 2.05) is 0 Å². The maximum Gasteiger partial charge on any atom is 0.152 e. The predicted molar refractivity (Wildman–Crippen MR) is 61.2 cm³/mol. The highest BCUT2D eigenvalue weighted by atomic mass is 32.2. The van der Waals surface area contributed by atoms with Crippen LogP contribution >= 0.6 is 0 Å². The van der Waals surface area contributed by atoms with Crippen LogP contribution in [-0.4, -0.2) is 32.5 Å². The van der Waals surface area contributed by atoms with Gasteiger partial charge in [-0.25, -0.2) is 8.42 Å². The van der Waals surface area contributed by atoms with Gasteiger partial charge in [0.2, 0.25) is 0 Å². The molecule has 3 nitrogen and oxygen atoms in total. The van der Waals surface area contributed by atoms with Gasteiger partial charge in [0.15, 0.2) is 9.84 Å². The Morgan fingerprint density at radius 1 is 1.21 bits per heavy atom. The zero-order valence-electron chi connectivity index (χ0n) is 9.71. The molecule has 0 aliphatic rings. The molecule has 0 aromatic carbocycles. The molecule has 0 aromatic rings. The van der Waals surface area contributed by atoms with Crippen LogP contribution in [-0.2, 0) is 9.84 Å². The van der Waals surface area contributed by atoms with Gasteiger partial charge < -0.3 is 5.32 Å². The Kier molecular flexibility index (Phi) is 6.36. The van der Waals surface area contributed by atoms with Crippen LogP contribution in [0.1, 0.15) is 34.1 Å². The summed E-state index contributed by atoms with van der Waals surface area (Å²) in [5, 5.41) is 2.98. The SMILES string of the molecule is CCNCC(C)CCS(=O)(=O)C(C)C. The van der Waals surface area contributed by atoms with Crippen molar-refractivity contribution >= 4 is 9.84 Å². The number of hydrogen-bond donors (Lipinski definition) is 1. The molecule has 0 radical (unpaired) electrons. The molecule has 0 saturated heterocycles. The van der Waals surface area contributed by atoms with Gasteiger partial charge in [-0.1, -0.05) is 13.8 Å². The van der Waals surface area contributed by atoms with Crippen molar-refractivity contribution in [3.8, 4) is 0 Å². The van der Waals surface area contributed by atoms with E-state index >= 15 is 0 Å². The van der Waals surface area contributed by atoms with Crippen LogP contribution in [0, 0.1) is 5.92 Å². The van der Waals surface area contributed by atoms with Crippen molar-refractivity contribution in [3.05, 3.63) is 0 Å². The predicted octanol–water partition coefficient (Wildman–Crippen LogP) is 1.45. The van der Waals surface area contributed by atoms with E-state index in [4.69, 9.17) is 0 Å². The molecular formula is C10H23NO2S. The summed E-state index contributed by atoms with van der Waals surface area (Å²) in [6.45, 7) is 9.47. The third-order valence-electron chi connectivity index (χ3n) is 2.36. The lowest BCUT2D eigenvalue weighted by atomic mass is 10.1. The van der Waals surface area contributed by atoms with Crippen molar-refractivity contribution in [2.45, 2.75) is 39.4 Å². The fourth-order valence-electron chi connectivity index (χ4n) is 1.09. The first-order valence-corrected chi connectivity index (χ1v) is 7.04. The summed E-state index contributed by atoms with van der Waals surface area (Å²) in [5.41, 5.74) is 0. The molecule has 86 valence electrons. The standard InChI is InChI=1S/C10H23NO2S/c1-5-11-8-10(4)6-7-14(12,13)9(2)3/h9-11H,5-8H2,1-4H3. The van der Waals surface area contributed by atoms with E-state index in [0.717, 1.165) is 19.5 Å². The Labute approximate surface area is 88.2 Å². The fraction of sp³-hybridized carbons (Fsp3) is 1.00. The van der Waals surface area contributed by atoms with Gasteiger partial charge in [-0.15, -0.1) is 0 Å². The Balaban J connectivity index is 3.82. The minimum Gasteiger partial charge on any atom is -0.317 e. The zero-order chi connectivity index (χ0) is 11.2. The summed E-state index contributed by atoms with van der Waals surface area (Å²) in [6.07, 6.45) is 0.757. The molecule has 0 rings (SSSR count). The topological polar surface area (TPSA) is 46.2 Å². The maximum atomic E-state index is 11.5. The van der Waals surface area contributed by atoms with Gasteiger partial charge in [-0.05, 0) is 39.3 Å². The molecule has 0 fully saturated rings. The van der Waals surface area contributed by atoms with Gasteiger partial charge in [0, 0.05) is 0 Å². The average Bonchev–Trinajstić information content (AvgIpc) is 2.11. The van der Waals surface area contributed by atoms with Crippen LogP contribution in [0.25, 0.3) is 0 Å². The molecule has 0 amide bonds. The molecule has 4 heteroatoms. The van der Waals surface area contributed by atoms with Crippen molar-refractivity contribution in [1.29, 1.82) is 0 Å². The second-order valence-corrected chi connectivity index (χ2v) is 6.79. The second-order valence-electron chi connectivity index (χ2n) is 4.12. The van der Waals surface area contributed by atoms with Crippen molar-refractivity contribution in [1.82, 2.24) is 5.32 Å². The smallest absolute Gasteiger partial charge is 0.152 e. The van der Waals surface area contributed by atoms with Gasteiger partial charge in [0.05, 0.1) is 11.0 Å². The summed E-state index contributed by atoms with van der Waals surface area (Å²) in [4.78, 5) is 0. The monoisotopic (exact) mass is 221 g/mol. The van der Waals surface area contributed by atoms with Crippen LogP contribution < -0.4 is 5.32 Å². The Morgan fingerprint density at radius 3 is 2.21 bits per heavy atom. The zero-order valence-corrected chi connectivity index (χ0v) is 10.5. The normalized spacial score (nSPS) is 14.6. The molecule has 0 heterocycles. The highest BCUT2D eigenvalue weighted by Crippen LogP contribution is 2.08. The Morgan fingerprint density at radius 2 is 1.79 bits per heavy atom. The lowest BCUT2D eigenvalue weighted by Gasteiger charge is -2.13. The number of rotatable bonds is 7. The molecule has 0 saturated carbocycles. The van der Waals surface area contributed by atoms with Gasteiger partial charge in [-0.3, -0.25) is 0 Å². The van der Waals surface area contributed by atoms with Crippen molar-refractivity contribution in [2.24, 2.45) is 5.92 Å². The van der Waals surface area contributed by atoms with Gasteiger partial charge in [0.25, 0.3) is 0 Å². The summed E-state index contributed by atoms with van der Waals surface area (Å²) in [6, 6.07) is 0. The largest absolute Gasteiger partial charge is 0.317 e. The number of hydrogen-bond acceptors (Lipinski definition) is 3. The van der Waals surface area contributed by atoms with Crippen LogP contribution in [0.4, 0.5) is 0 Å². The van der Waals surface area contributed by atoms with Crippen molar-refractivity contribution < 1.29 is 8.42 Å². The van der Waals surface area contributed by atoms with Crippen LogP contribution in [0.3, 0.4) is 0 Å². The molecule has 1 unspecified atom stereocenters. The summed E-state index contributed by atoms with van der Waals surface area (Å²) in [5.74, 6) is 0.750. The van der Waals surface area contributed by atoms with Crippen molar-refractivity contribution in [2.75, 3.05) is 18.8 Å². The number of sulfone groups is 1. The fourth-order valence-corrected chi connectivity index (χ4v) is 2.30. The number of nitrogens with one attached hydrogen (secondary N) is 1. The second kappa shape index (κ2) is 6.40. The molecular weight excluding hydrogens is 198 g/mol. The maximum absolute atomic E-state index is 11.5. The molecule has 0 bridgehead atoms. The molecule has 0 aliphatic heterocycles. The lowest BCUT2D eigenvalue weighted by molar-refractivity contribution is 0.503. The van der Waals surface area contributed by atoms with Crippen LogP contribution in [0.15, 0.2) is 0 Å². The minimum absolute atomic E-state index is 0.242. The summed E-state index contributed by atoms with van der Waals surface area (Å²) < 4.78 is 23.0. The third-order valence-corrected chi connectivity index (χ3v) is 4.60. The molecule has 14 heavy (non-hydrogen) atoms. The van der Waals surface area contributed by atoms with E-state index in [1.54, 1.807) is 13.8 Å². The first kappa shape index (κ1) is 13.9. The first-order chi connectivity index (χ1) is 6.40. The van der Waals surface area contributed by atoms with E-state index in [-0.39, 0.29) is 5.25 Å². The van der Waals surface area contributed by atoms with Crippen LogP contribution in [0.5, 0.6) is 0 Å². The third kappa shape index (κ3) is 5.60. The van der Waals surface area contributed by atoms with Gasteiger partial charge in [-0.2, -0.15) is 0 Å². The van der Waals surface area contributed by atoms with E-state index < -0.39 is 9.84 Å². The highest BCUT2D eigenvalue weighted by molar-refractivity contribution is 7.91. The lowest BCUT2D eigenvalue weighted by Crippen LogP contribution is -2.24. The van der Waals surface area contributed by atoms with E-state index in [2.05, 4.69) is 19.2 Å². The van der Waals surface area contributed by atoms with Gasteiger partial charge >= 0.3 is 0 Å². The average molecular weight is 221 g/mol. The van der Waals surface area contributed by atoms with E-state index in [1.165, 1.54) is 0 Å². The summed E-state index contributed by atoms with van der Waals surface area (Å²) >= 11 is 0. The van der Waals surface area contributed by atoms with Gasteiger partial charge in [0.1, 0.15) is 0 Å². The summed E-state index contributed by atoms with van der Waals surface area (Å²) in [7, 11) is -2.85. The molecule has 0 aromatic heterocycles.